The molecule has 4 aliphatic rings. The van der Waals surface area contributed by atoms with Crippen molar-refractivity contribution in [2.75, 3.05) is 49.6 Å². The Hall–Kier alpha value is -4.07. The second-order valence-corrected chi connectivity index (χ2v) is 12.4. The van der Waals surface area contributed by atoms with Crippen molar-refractivity contribution in [2.45, 2.75) is 50.4 Å². The molecule has 5 heterocycles. The van der Waals surface area contributed by atoms with Gasteiger partial charge < -0.3 is 24.5 Å². The van der Waals surface area contributed by atoms with E-state index < -0.39 is 6.09 Å². The van der Waals surface area contributed by atoms with Crippen molar-refractivity contribution in [2.24, 2.45) is 0 Å². The molecule has 0 spiro atoms. The van der Waals surface area contributed by atoms with Crippen molar-refractivity contribution in [1.82, 2.24) is 19.8 Å². The lowest BCUT2D eigenvalue weighted by Crippen LogP contribution is -2.56. The van der Waals surface area contributed by atoms with Crippen molar-refractivity contribution in [3.8, 4) is 12.1 Å². The van der Waals surface area contributed by atoms with Crippen LogP contribution in [0.25, 0.3) is 10.8 Å². The first-order chi connectivity index (χ1) is 20.9. The maximum Gasteiger partial charge on any atom is 0.408 e. The van der Waals surface area contributed by atoms with E-state index >= 15 is 0 Å². The zero-order valence-electron chi connectivity index (χ0n) is 24.1. The maximum atomic E-state index is 12.2. The number of hydrogen-bond donors (Lipinski definition) is 1. The van der Waals surface area contributed by atoms with Crippen molar-refractivity contribution in [3.63, 3.8) is 0 Å². The molecule has 43 heavy (non-hydrogen) atoms. The zero-order chi connectivity index (χ0) is 29.7. The molecule has 0 unspecified atom stereocenters. The number of likely N-dealkylation sites (N-methyl/N-ethyl adjacent to an activating group) is 1. The Morgan fingerprint density at radius 1 is 1.19 bits per heavy atom. The summed E-state index contributed by atoms with van der Waals surface area (Å²) in [6.45, 7) is 3.86. The second-order valence-electron chi connectivity index (χ2n) is 11.9. The number of aromatic nitrogens is 2. The molecule has 2 aromatic carbocycles. The van der Waals surface area contributed by atoms with E-state index in [1.165, 1.54) is 11.0 Å². The van der Waals surface area contributed by atoms with E-state index in [1.54, 1.807) is 0 Å². The van der Waals surface area contributed by atoms with Gasteiger partial charge in [0.05, 0.1) is 35.4 Å². The molecular weight excluding hydrogens is 566 g/mol. The quantitative estimate of drug-likeness (QED) is 0.417. The van der Waals surface area contributed by atoms with Gasteiger partial charge in [-0.15, -0.1) is 0 Å². The minimum atomic E-state index is -0.949. The van der Waals surface area contributed by atoms with Gasteiger partial charge in [-0.25, -0.2) is 4.79 Å². The molecule has 2 bridgehead atoms. The largest absolute Gasteiger partial charge is 0.465 e. The van der Waals surface area contributed by atoms with Crippen LogP contribution in [-0.2, 0) is 13.0 Å². The summed E-state index contributed by atoms with van der Waals surface area (Å²) in [4.78, 5) is 30.4. The zero-order valence-corrected chi connectivity index (χ0v) is 24.9. The van der Waals surface area contributed by atoms with E-state index in [4.69, 9.17) is 26.3 Å². The fourth-order valence-electron chi connectivity index (χ4n) is 7.36. The first kappa shape index (κ1) is 27.7. The number of fused-ring (bicyclic) bond motifs is 4. The van der Waals surface area contributed by atoms with E-state index in [0.717, 1.165) is 76.5 Å². The third-order valence-electron chi connectivity index (χ3n) is 9.49. The van der Waals surface area contributed by atoms with Crippen molar-refractivity contribution >= 4 is 40.0 Å². The van der Waals surface area contributed by atoms with Gasteiger partial charge in [-0.1, -0.05) is 35.9 Å². The SMILES string of the molecule is CN1CCC[C@H]1COc1nc2c(c(N3C[C@H]4CC(=CC#N)[C@@H](C3)N4C(=O)O)n1)CCN(c1cccc3cccc(Cl)c13)C2. The minimum absolute atomic E-state index is 0.240. The van der Waals surface area contributed by atoms with Crippen LogP contribution in [-0.4, -0.2) is 88.9 Å². The predicted octanol–water partition coefficient (Wildman–Crippen LogP) is 4.71. The number of likely N-dealkylation sites (tertiary alicyclic amines) is 1. The fraction of sp³-hybridized carbons (Fsp3) is 0.438. The Labute approximate surface area is 255 Å². The maximum absolute atomic E-state index is 12.2. The standard InChI is InChI=1S/C32H34ClN7O3/c1-37-13-4-7-22(37)19-43-31-35-26-17-38(27-9-3-6-20-5-2-8-25(33)29(20)27)14-11-24(26)30(36-31)39-16-23-15-21(10-12-34)28(18-39)40(23)32(41)42/h2-3,5-6,8-10,22-23,28H,4,7,11,13-19H2,1H3,(H,41,42)/t22-,23+,28+/m0/s1. The number of piperazine rings is 1. The van der Waals surface area contributed by atoms with Crippen LogP contribution >= 0.6 is 11.6 Å². The molecule has 3 atom stereocenters. The Morgan fingerprint density at radius 3 is 2.79 bits per heavy atom. The lowest BCUT2D eigenvalue weighted by molar-refractivity contribution is 0.117. The summed E-state index contributed by atoms with van der Waals surface area (Å²) in [6, 6.07) is 14.4. The molecule has 4 aliphatic heterocycles. The van der Waals surface area contributed by atoms with Gasteiger partial charge in [0, 0.05) is 48.4 Å². The van der Waals surface area contributed by atoms with Gasteiger partial charge in [0.25, 0.3) is 0 Å². The number of benzene rings is 2. The number of amides is 1. The Bertz CT molecular complexity index is 1650. The van der Waals surface area contributed by atoms with Gasteiger partial charge in [-0.2, -0.15) is 15.2 Å². The summed E-state index contributed by atoms with van der Waals surface area (Å²) in [7, 11) is 2.12. The second kappa shape index (κ2) is 11.2. The Morgan fingerprint density at radius 2 is 2.02 bits per heavy atom. The highest BCUT2D eigenvalue weighted by atomic mass is 35.5. The molecular formula is C32H34ClN7O3. The fourth-order valence-corrected chi connectivity index (χ4v) is 7.63. The number of hydrogen-bond acceptors (Lipinski definition) is 8. The molecule has 0 aliphatic carbocycles. The van der Waals surface area contributed by atoms with Crippen LogP contribution in [0.1, 0.15) is 30.5 Å². The number of ether oxygens (including phenoxy) is 1. The average Bonchev–Trinajstić information content (AvgIpc) is 3.52. The smallest absolute Gasteiger partial charge is 0.408 e. The van der Waals surface area contributed by atoms with Crippen LogP contribution in [0.5, 0.6) is 6.01 Å². The van der Waals surface area contributed by atoms with Gasteiger partial charge >= 0.3 is 12.1 Å². The molecule has 0 radical (unpaired) electrons. The molecule has 0 saturated carbocycles. The molecule has 1 aromatic heterocycles. The highest BCUT2D eigenvalue weighted by Gasteiger charge is 2.46. The number of nitrogens with zero attached hydrogens (tertiary/aromatic N) is 7. The molecule has 11 heteroatoms. The molecule has 3 fully saturated rings. The van der Waals surface area contributed by atoms with Crippen molar-refractivity contribution in [1.29, 1.82) is 5.26 Å². The predicted molar refractivity (Wildman–Crippen MR) is 165 cm³/mol. The number of allylic oxidation sites excluding steroid dienone is 1. The topological polar surface area (TPSA) is 109 Å². The van der Waals surface area contributed by atoms with Gasteiger partial charge in [0.2, 0.25) is 0 Å². The highest BCUT2D eigenvalue weighted by molar-refractivity contribution is 6.36. The highest BCUT2D eigenvalue weighted by Crippen LogP contribution is 2.40. The molecule has 3 aromatic rings. The van der Waals surface area contributed by atoms with E-state index in [-0.39, 0.29) is 12.1 Å². The van der Waals surface area contributed by atoms with Gasteiger partial charge in [0.1, 0.15) is 12.4 Å². The number of nitriles is 1. The minimum Gasteiger partial charge on any atom is -0.465 e. The van der Waals surface area contributed by atoms with Gasteiger partial charge in [-0.3, -0.25) is 4.90 Å². The van der Waals surface area contributed by atoms with Crippen LogP contribution in [0.15, 0.2) is 48.0 Å². The molecule has 1 amide bonds. The molecule has 10 nitrogen and oxygen atoms in total. The summed E-state index contributed by atoms with van der Waals surface area (Å²) in [6.07, 6.45) is 4.08. The summed E-state index contributed by atoms with van der Waals surface area (Å²) < 4.78 is 6.29. The van der Waals surface area contributed by atoms with Gasteiger partial charge in [-0.05, 0) is 62.4 Å². The number of anilines is 2. The summed E-state index contributed by atoms with van der Waals surface area (Å²) in [5.41, 5.74) is 3.92. The lowest BCUT2D eigenvalue weighted by Gasteiger charge is -2.41. The first-order valence-corrected chi connectivity index (χ1v) is 15.3. The van der Waals surface area contributed by atoms with Crippen molar-refractivity contribution < 1.29 is 14.6 Å². The van der Waals surface area contributed by atoms with Crippen LogP contribution in [0.4, 0.5) is 16.3 Å². The van der Waals surface area contributed by atoms with Crippen LogP contribution in [0, 0.1) is 11.3 Å². The molecule has 7 rings (SSSR count). The number of halogens is 1. The van der Waals surface area contributed by atoms with Crippen molar-refractivity contribution in [3.05, 3.63) is 64.3 Å². The van der Waals surface area contributed by atoms with E-state index in [9.17, 15) is 15.2 Å². The monoisotopic (exact) mass is 599 g/mol. The Balaban J connectivity index is 1.25. The molecule has 1 N–H and O–H groups in total. The lowest BCUT2D eigenvalue weighted by atomic mass is 10.0. The van der Waals surface area contributed by atoms with E-state index in [1.807, 2.05) is 12.1 Å². The number of carboxylic acid groups (broad SMARTS) is 1. The molecule has 3 saturated heterocycles. The Kier molecular flexibility index (Phi) is 7.23. The van der Waals surface area contributed by atoms with Crippen LogP contribution < -0.4 is 14.5 Å². The number of carbonyl (C=O) groups is 1. The third-order valence-corrected chi connectivity index (χ3v) is 9.81. The summed E-state index contributed by atoms with van der Waals surface area (Å²) in [5, 5.41) is 22.2. The summed E-state index contributed by atoms with van der Waals surface area (Å²) >= 11 is 6.70. The third kappa shape index (κ3) is 5.00. The summed E-state index contributed by atoms with van der Waals surface area (Å²) in [5.74, 6) is 0.814. The van der Waals surface area contributed by atoms with Gasteiger partial charge in [0.15, 0.2) is 0 Å². The van der Waals surface area contributed by atoms with E-state index in [0.29, 0.717) is 44.7 Å². The van der Waals surface area contributed by atoms with E-state index in [2.05, 4.69) is 52.1 Å². The normalized spacial score (nSPS) is 24.4. The van der Waals surface area contributed by atoms with Crippen LogP contribution in [0.3, 0.4) is 0 Å². The first-order valence-electron chi connectivity index (χ1n) is 14.9. The molecule has 222 valence electrons. The van der Waals surface area contributed by atoms with Crippen LogP contribution in [0.2, 0.25) is 5.02 Å². The average molecular weight is 600 g/mol. The number of rotatable bonds is 5.